The third-order valence-electron chi connectivity index (χ3n) is 5.13. The Morgan fingerprint density at radius 3 is 2.56 bits per heavy atom. The van der Waals surface area contributed by atoms with Crippen LogP contribution in [0.1, 0.15) is 18.4 Å². The van der Waals surface area contributed by atoms with E-state index in [9.17, 15) is 4.39 Å². The molecule has 1 atom stereocenters. The molecule has 1 saturated heterocycles. The van der Waals surface area contributed by atoms with Crippen molar-refractivity contribution in [3.8, 4) is 22.9 Å². The first kappa shape index (κ1) is 19.3. The van der Waals surface area contributed by atoms with Crippen molar-refractivity contribution in [2.45, 2.75) is 18.9 Å². The molecule has 0 aromatic heterocycles. The molecule has 27 heavy (non-hydrogen) atoms. The number of hydrogen-bond donors (Lipinski definition) is 0. The number of nitrogens with zero attached hydrogens (tertiary/aromatic N) is 3. The van der Waals surface area contributed by atoms with Crippen LogP contribution in [0.15, 0.2) is 42.5 Å². The van der Waals surface area contributed by atoms with Crippen molar-refractivity contribution < 1.29 is 9.13 Å². The van der Waals surface area contributed by atoms with Crippen molar-refractivity contribution in [1.29, 1.82) is 5.26 Å². The fourth-order valence-corrected chi connectivity index (χ4v) is 3.44. The van der Waals surface area contributed by atoms with Gasteiger partial charge in [-0.15, -0.1) is 0 Å². The van der Waals surface area contributed by atoms with E-state index in [1.54, 1.807) is 18.2 Å². The van der Waals surface area contributed by atoms with Crippen molar-refractivity contribution in [2.24, 2.45) is 0 Å². The normalized spacial score (nSPS) is 17.2. The molecule has 0 radical (unpaired) electrons. The maximum Gasteiger partial charge on any atom is 0.165 e. The molecule has 2 aromatic rings. The van der Waals surface area contributed by atoms with Gasteiger partial charge in [0.15, 0.2) is 11.6 Å². The fraction of sp³-hybridized carbons (Fsp3) is 0.409. The van der Waals surface area contributed by atoms with Crippen LogP contribution in [-0.4, -0.2) is 56.2 Å². The maximum atomic E-state index is 14.4. The van der Waals surface area contributed by atoms with Crippen LogP contribution in [0.2, 0.25) is 0 Å². The van der Waals surface area contributed by atoms with E-state index < -0.39 is 0 Å². The summed E-state index contributed by atoms with van der Waals surface area (Å²) >= 11 is 0. The molecule has 1 aliphatic rings. The molecule has 4 nitrogen and oxygen atoms in total. The summed E-state index contributed by atoms with van der Waals surface area (Å²) in [4.78, 5) is 4.72. The summed E-state index contributed by atoms with van der Waals surface area (Å²) in [5, 5.41) is 8.86. The summed E-state index contributed by atoms with van der Waals surface area (Å²) in [5.41, 5.74) is 2.24. The van der Waals surface area contributed by atoms with Crippen LogP contribution in [0.3, 0.4) is 0 Å². The molecule has 1 aliphatic heterocycles. The minimum absolute atomic E-state index is 0.292. The van der Waals surface area contributed by atoms with E-state index in [4.69, 9.17) is 10.00 Å². The van der Waals surface area contributed by atoms with Gasteiger partial charge in [0, 0.05) is 19.1 Å². The minimum atomic E-state index is -0.356. The molecule has 142 valence electrons. The number of halogens is 1. The van der Waals surface area contributed by atoms with E-state index in [-0.39, 0.29) is 5.82 Å². The summed E-state index contributed by atoms with van der Waals surface area (Å²) < 4.78 is 20.0. The SMILES string of the molecule is CN(C)C1CCN(CCCOc2ccc(-c3ccc(C#N)cc3)cc2F)C1. The van der Waals surface area contributed by atoms with Crippen molar-refractivity contribution in [3.63, 3.8) is 0 Å². The second-order valence-electron chi connectivity index (χ2n) is 7.24. The standard InChI is InChI=1S/C22H26FN3O/c1-25(2)20-10-12-26(16-20)11-3-13-27-22-9-8-19(14-21(22)23)18-6-4-17(15-24)5-7-18/h4-9,14,20H,3,10-13,16H2,1-2H3. The Morgan fingerprint density at radius 2 is 1.93 bits per heavy atom. The molecular formula is C22H26FN3O. The molecule has 2 aromatic carbocycles. The summed E-state index contributed by atoms with van der Waals surface area (Å²) in [7, 11) is 4.25. The lowest BCUT2D eigenvalue weighted by Gasteiger charge is -2.20. The van der Waals surface area contributed by atoms with Gasteiger partial charge in [0.25, 0.3) is 0 Å². The van der Waals surface area contributed by atoms with Gasteiger partial charge in [-0.25, -0.2) is 4.39 Å². The summed E-state index contributed by atoms with van der Waals surface area (Å²) in [6.45, 7) is 3.71. The largest absolute Gasteiger partial charge is 0.490 e. The average molecular weight is 367 g/mol. The highest BCUT2D eigenvalue weighted by atomic mass is 19.1. The van der Waals surface area contributed by atoms with E-state index in [0.717, 1.165) is 37.2 Å². The van der Waals surface area contributed by atoms with Crippen LogP contribution in [0, 0.1) is 17.1 Å². The van der Waals surface area contributed by atoms with Crippen molar-refractivity contribution in [3.05, 3.63) is 53.8 Å². The Labute approximate surface area is 160 Å². The molecular weight excluding hydrogens is 341 g/mol. The Bertz CT molecular complexity index is 798. The molecule has 0 spiro atoms. The lowest BCUT2D eigenvalue weighted by Crippen LogP contribution is -2.32. The van der Waals surface area contributed by atoms with Gasteiger partial charge in [-0.1, -0.05) is 18.2 Å². The number of benzene rings is 2. The Kier molecular flexibility index (Phi) is 6.44. The first-order valence-corrected chi connectivity index (χ1v) is 9.38. The zero-order valence-corrected chi connectivity index (χ0v) is 16.0. The lowest BCUT2D eigenvalue weighted by molar-refractivity contribution is 0.238. The molecule has 0 saturated carbocycles. The quantitative estimate of drug-likeness (QED) is 0.699. The van der Waals surface area contributed by atoms with E-state index in [1.165, 1.54) is 12.5 Å². The first-order chi connectivity index (χ1) is 13.1. The summed E-state index contributed by atoms with van der Waals surface area (Å²) in [6.07, 6.45) is 2.09. The third kappa shape index (κ3) is 5.06. The molecule has 1 heterocycles. The highest BCUT2D eigenvalue weighted by Gasteiger charge is 2.23. The highest BCUT2D eigenvalue weighted by Crippen LogP contribution is 2.26. The molecule has 3 rings (SSSR count). The van der Waals surface area contributed by atoms with Crippen molar-refractivity contribution in [1.82, 2.24) is 9.80 Å². The minimum Gasteiger partial charge on any atom is -0.490 e. The van der Waals surface area contributed by atoms with Crippen LogP contribution in [-0.2, 0) is 0 Å². The molecule has 0 N–H and O–H groups in total. The summed E-state index contributed by atoms with van der Waals surface area (Å²) in [6, 6.07) is 14.9. The van der Waals surface area contributed by atoms with Gasteiger partial charge < -0.3 is 14.5 Å². The zero-order valence-electron chi connectivity index (χ0n) is 16.0. The third-order valence-corrected chi connectivity index (χ3v) is 5.13. The van der Waals surface area contributed by atoms with E-state index in [0.29, 0.717) is 24.0 Å². The van der Waals surface area contributed by atoms with Crippen LogP contribution in [0.4, 0.5) is 4.39 Å². The van der Waals surface area contributed by atoms with Crippen LogP contribution in [0.5, 0.6) is 5.75 Å². The zero-order chi connectivity index (χ0) is 19.2. The second kappa shape index (κ2) is 8.98. The maximum absolute atomic E-state index is 14.4. The number of nitriles is 1. The van der Waals surface area contributed by atoms with E-state index >= 15 is 0 Å². The van der Waals surface area contributed by atoms with Gasteiger partial charge in [0.2, 0.25) is 0 Å². The smallest absolute Gasteiger partial charge is 0.165 e. The number of ether oxygens (including phenoxy) is 1. The van der Waals surface area contributed by atoms with Gasteiger partial charge in [0.05, 0.1) is 18.2 Å². The molecule has 5 heteroatoms. The molecule has 1 fully saturated rings. The Balaban J connectivity index is 1.49. The average Bonchev–Trinajstić information content (AvgIpc) is 3.15. The number of hydrogen-bond acceptors (Lipinski definition) is 4. The second-order valence-corrected chi connectivity index (χ2v) is 7.24. The van der Waals surface area contributed by atoms with Gasteiger partial charge >= 0.3 is 0 Å². The van der Waals surface area contributed by atoms with Crippen molar-refractivity contribution in [2.75, 3.05) is 40.3 Å². The van der Waals surface area contributed by atoms with E-state index in [1.807, 2.05) is 18.2 Å². The molecule has 0 amide bonds. The molecule has 0 bridgehead atoms. The first-order valence-electron chi connectivity index (χ1n) is 9.38. The van der Waals surface area contributed by atoms with Gasteiger partial charge in [-0.2, -0.15) is 5.26 Å². The predicted octanol–water partition coefficient (Wildman–Crippen LogP) is 3.77. The van der Waals surface area contributed by atoms with Gasteiger partial charge in [-0.05, 0) is 68.9 Å². The number of rotatable bonds is 7. The van der Waals surface area contributed by atoms with Crippen LogP contribution >= 0.6 is 0 Å². The van der Waals surface area contributed by atoms with E-state index in [2.05, 4.69) is 30.0 Å². The number of likely N-dealkylation sites (N-methyl/N-ethyl adjacent to an activating group) is 1. The van der Waals surface area contributed by atoms with Gasteiger partial charge in [-0.3, -0.25) is 0 Å². The van der Waals surface area contributed by atoms with Crippen LogP contribution in [0.25, 0.3) is 11.1 Å². The lowest BCUT2D eigenvalue weighted by atomic mass is 10.0. The van der Waals surface area contributed by atoms with Crippen LogP contribution < -0.4 is 4.74 Å². The Hall–Kier alpha value is -2.42. The summed E-state index contributed by atoms with van der Waals surface area (Å²) in [5.74, 6) is -0.0642. The van der Waals surface area contributed by atoms with Crippen molar-refractivity contribution >= 4 is 0 Å². The predicted molar refractivity (Wildman–Crippen MR) is 105 cm³/mol. The Morgan fingerprint density at radius 1 is 1.19 bits per heavy atom. The fourth-order valence-electron chi connectivity index (χ4n) is 3.44. The topological polar surface area (TPSA) is 39.5 Å². The van der Waals surface area contributed by atoms with Gasteiger partial charge in [0.1, 0.15) is 0 Å². The highest BCUT2D eigenvalue weighted by molar-refractivity contribution is 5.65. The number of likely N-dealkylation sites (tertiary alicyclic amines) is 1. The monoisotopic (exact) mass is 367 g/mol. The molecule has 0 aliphatic carbocycles. The molecule has 1 unspecified atom stereocenters.